The van der Waals surface area contributed by atoms with Crippen LogP contribution >= 0.6 is 11.3 Å². The summed E-state index contributed by atoms with van der Waals surface area (Å²) < 4.78 is 26.8. The minimum absolute atomic E-state index is 0.311. The Morgan fingerprint density at radius 2 is 2.32 bits per heavy atom. The zero-order chi connectivity index (χ0) is 13.7. The van der Waals surface area contributed by atoms with Crippen LogP contribution in [0.5, 0.6) is 0 Å². The van der Waals surface area contributed by atoms with Crippen LogP contribution in [0.1, 0.15) is 17.8 Å². The quantitative estimate of drug-likeness (QED) is 0.660. The van der Waals surface area contributed by atoms with E-state index in [0.29, 0.717) is 30.1 Å². The average Bonchev–Trinajstić information content (AvgIpc) is 3.05. The van der Waals surface area contributed by atoms with Crippen LogP contribution in [0.25, 0.3) is 0 Å². The molecule has 8 heteroatoms. The van der Waals surface area contributed by atoms with Gasteiger partial charge < -0.3 is 10.7 Å². The van der Waals surface area contributed by atoms with Gasteiger partial charge in [0.15, 0.2) is 0 Å². The van der Waals surface area contributed by atoms with Gasteiger partial charge in [-0.05, 0) is 23.4 Å². The van der Waals surface area contributed by atoms with Crippen LogP contribution in [0.4, 0.5) is 0 Å². The van der Waals surface area contributed by atoms with Crippen LogP contribution in [0.2, 0.25) is 0 Å². The van der Waals surface area contributed by atoms with Crippen molar-refractivity contribution in [3.8, 4) is 0 Å². The zero-order valence-corrected chi connectivity index (χ0v) is 11.9. The normalized spacial score (nSPS) is 11.8. The van der Waals surface area contributed by atoms with Crippen LogP contribution in [-0.2, 0) is 23.0 Å². The highest BCUT2D eigenvalue weighted by atomic mass is 32.2. The number of aromatic amines is 1. The minimum atomic E-state index is -3.41. The van der Waals surface area contributed by atoms with E-state index in [0.717, 1.165) is 11.4 Å². The number of imidazole rings is 1. The lowest BCUT2D eigenvalue weighted by Gasteiger charge is -2.03. The molecule has 2 heterocycles. The Morgan fingerprint density at radius 1 is 1.47 bits per heavy atom. The molecule has 0 aliphatic heterocycles. The second kappa shape index (κ2) is 6.29. The van der Waals surface area contributed by atoms with Gasteiger partial charge >= 0.3 is 0 Å². The number of sulfonamides is 1. The molecular formula is C11H16N4O2S2. The molecular weight excluding hydrogens is 284 g/mol. The summed E-state index contributed by atoms with van der Waals surface area (Å²) in [7, 11) is -3.41. The molecule has 6 nitrogen and oxygen atoms in total. The molecule has 0 spiro atoms. The van der Waals surface area contributed by atoms with Gasteiger partial charge in [0.05, 0.1) is 0 Å². The molecule has 104 valence electrons. The van der Waals surface area contributed by atoms with Crippen LogP contribution in [0.15, 0.2) is 28.0 Å². The highest BCUT2D eigenvalue weighted by Gasteiger charge is 2.15. The van der Waals surface area contributed by atoms with Gasteiger partial charge in [-0.3, -0.25) is 0 Å². The SMILES string of the molecule is NCc1csc(S(=O)(=O)NCCCc2ncc[nH]2)c1. The molecule has 0 unspecified atom stereocenters. The van der Waals surface area contributed by atoms with Gasteiger partial charge in [0.1, 0.15) is 10.0 Å². The number of aryl methyl sites for hydroxylation is 1. The molecule has 0 bridgehead atoms. The Kier molecular flexibility index (Phi) is 4.70. The van der Waals surface area contributed by atoms with Crippen molar-refractivity contribution >= 4 is 21.4 Å². The Morgan fingerprint density at radius 3 is 2.95 bits per heavy atom. The fourth-order valence-electron chi connectivity index (χ4n) is 1.57. The predicted molar refractivity (Wildman–Crippen MR) is 74.3 cm³/mol. The van der Waals surface area contributed by atoms with E-state index >= 15 is 0 Å². The van der Waals surface area contributed by atoms with Crippen molar-refractivity contribution in [1.82, 2.24) is 14.7 Å². The summed E-state index contributed by atoms with van der Waals surface area (Å²) in [6.45, 7) is 0.739. The summed E-state index contributed by atoms with van der Waals surface area (Å²) in [6, 6.07) is 1.61. The number of thiophene rings is 1. The van der Waals surface area contributed by atoms with Crippen molar-refractivity contribution in [2.45, 2.75) is 23.6 Å². The van der Waals surface area contributed by atoms with Gasteiger partial charge in [0.25, 0.3) is 0 Å². The van der Waals surface area contributed by atoms with E-state index in [1.54, 1.807) is 23.8 Å². The van der Waals surface area contributed by atoms with Crippen LogP contribution in [-0.4, -0.2) is 24.9 Å². The van der Waals surface area contributed by atoms with Crippen LogP contribution in [0.3, 0.4) is 0 Å². The molecule has 2 rings (SSSR count). The lowest BCUT2D eigenvalue weighted by Crippen LogP contribution is -2.24. The van der Waals surface area contributed by atoms with Gasteiger partial charge in [-0.2, -0.15) is 0 Å². The number of rotatable bonds is 7. The summed E-state index contributed by atoms with van der Waals surface area (Å²) >= 11 is 1.19. The number of nitrogens with one attached hydrogen (secondary N) is 2. The fraction of sp³-hybridized carbons (Fsp3) is 0.364. The number of H-pyrrole nitrogens is 1. The highest BCUT2D eigenvalue weighted by molar-refractivity contribution is 7.91. The molecule has 0 amide bonds. The van der Waals surface area contributed by atoms with Gasteiger partial charge in [0, 0.05) is 31.9 Å². The molecule has 0 aliphatic rings. The molecule has 0 radical (unpaired) electrons. The van der Waals surface area contributed by atoms with Gasteiger partial charge in [-0.15, -0.1) is 11.3 Å². The van der Waals surface area contributed by atoms with E-state index in [4.69, 9.17) is 5.73 Å². The standard InChI is InChI=1S/C11H16N4O2S2/c12-7-9-6-11(18-8-9)19(16,17)15-3-1-2-10-13-4-5-14-10/h4-6,8,15H,1-3,7,12H2,(H,13,14). The highest BCUT2D eigenvalue weighted by Crippen LogP contribution is 2.19. The van der Waals surface area contributed by atoms with Crippen molar-refractivity contribution in [2.24, 2.45) is 5.73 Å². The van der Waals surface area contributed by atoms with Crippen molar-refractivity contribution in [3.05, 3.63) is 35.2 Å². The van der Waals surface area contributed by atoms with E-state index in [-0.39, 0.29) is 0 Å². The first kappa shape index (κ1) is 14.2. The molecule has 0 atom stereocenters. The molecule has 4 N–H and O–H groups in total. The zero-order valence-electron chi connectivity index (χ0n) is 10.3. The smallest absolute Gasteiger partial charge is 0.250 e. The molecule has 19 heavy (non-hydrogen) atoms. The molecule has 0 saturated carbocycles. The molecule has 0 fully saturated rings. The Labute approximate surface area is 116 Å². The number of aromatic nitrogens is 2. The average molecular weight is 300 g/mol. The summed E-state index contributed by atoms with van der Waals surface area (Å²) in [6.07, 6.45) is 4.84. The van der Waals surface area contributed by atoms with E-state index in [9.17, 15) is 8.42 Å². The second-order valence-corrected chi connectivity index (χ2v) is 6.92. The van der Waals surface area contributed by atoms with Crippen molar-refractivity contribution in [1.29, 1.82) is 0 Å². The first-order valence-electron chi connectivity index (χ1n) is 5.87. The van der Waals surface area contributed by atoms with E-state index in [1.807, 2.05) is 0 Å². The molecule has 2 aromatic rings. The van der Waals surface area contributed by atoms with E-state index in [1.165, 1.54) is 11.3 Å². The Bertz CT molecular complexity index is 604. The maximum atomic E-state index is 12.0. The van der Waals surface area contributed by atoms with Crippen molar-refractivity contribution in [3.63, 3.8) is 0 Å². The maximum Gasteiger partial charge on any atom is 0.250 e. The fourth-order valence-corrected chi connectivity index (χ4v) is 3.91. The summed E-state index contributed by atoms with van der Waals surface area (Å²) in [5, 5.41) is 1.76. The molecule has 0 saturated heterocycles. The van der Waals surface area contributed by atoms with Crippen LogP contribution in [0, 0.1) is 0 Å². The lowest BCUT2D eigenvalue weighted by molar-refractivity contribution is 0.580. The number of hydrogen-bond donors (Lipinski definition) is 3. The number of hydrogen-bond acceptors (Lipinski definition) is 5. The molecule has 0 aromatic carbocycles. The van der Waals surface area contributed by atoms with Crippen molar-refractivity contribution in [2.75, 3.05) is 6.54 Å². The summed E-state index contributed by atoms with van der Waals surface area (Å²) in [5.74, 6) is 0.862. The number of nitrogens with zero attached hydrogens (tertiary/aromatic N) is 1. The summed E-state index contributed by atoms with van der Waals surface area (Å²) in [4.78, 5) is 7.06. The van der Waals surface area contributed by atoms with Gasteiger partial charge in [0.2, 0.25) is 10.0 Å². The predicted octanol–water partition coefficient (Wildman–Crippen LogP) is 0.841. The second-order valence-electron chi connectivity index (χ2n) is 4.02. The third-order valence-electron chi connectivity index (χ3n) is 2.57. The van der Waals surface area contributed by atoms with E-state index in [2.05, 4.69) is 14.7 Å². The Balaban J connectivity index is 1.84. The Hall–Kier alpha value is -1.22. The van der Waals surface area contributed by atoms with Crippen LogP contribution < -0.4 is 10.5 Å². The first-order valence-corrected chi connectivity index (χ1v) is 8.23. The topological polar surface area (TPSA) is 101 Å². The maximum absolute atomic E-state index is 12.0. The number of nitrogens with two attached hydrogens (primary N) is 1. The minimum Gasteiger partial charge on any atom is -0.349 e. The van der Waals surface area contributed by atoms with Gasteiger partial charge in [-0.25, -0.2) is 18.1 Å². The van der Waals surface area contributed by atoms with E-state index < -0.39 is 10.0 Å². The lowest BCUT2D eigenvalue weighted by atomic mass is 10.3. The molecule has 0 aliphatic carbocycles. The first-order chi connectivity index (χ1) is 9.12. The summed E-state index contributed by atoms with van der Waals surface area (Å²) in [5.41, 5.74) is 6.30. The molecule has 2 aromatic heterocycles. The van der Waals surface area contributed by atoms with Gasteiger partial charge in [-0.1, -0.05) is 0 Å². The van der Waals surface area contributed by atoms with Crippen molar-refractivity contribution < 1.29 is 8.42 Å². The third kappa shape index (κ3) is 3.87. The largest absolute Gasteiger partial charge is 0.349 e. The third-order valence-corrected chi connectivity index (χ3v) is 5.52. The monoisotopic (exact) mass is 300 g/mol.